The largest absolute Gasteiger partial charge is 0.492 e. The van der Waals surface area contributed by atoms with Gasteiger partial charge in [-0.2, -0.15) is 0 Å². The molecule has 0 radical (unpaired) electrons. The van der Waals surface area contributed by atoms with E-state index >= 15 is 0 Å². The maximum absolute atomic E-state index is 12.5. The van der Waals surface area contributed by atoms with Gasteiger partial charge in [-0.25, -0.2) is 0 Å². The molecule has 0 spiro atoms. The van der Waals surface area contributed by atoms with Gasteiger partial charge in [-0.05, 0) is 43.4 Å². The van der Waals surface area contributed by atoms with Crippen molar-refractivity contribution in [3.05, 3.63) is 27.7 Å². The van der Waals surface area contributed by atoms with E-state index < -0.39 is 0 Å². The normalized spacial score (nSPS) is 23.9. The Kier molecular flexibility index (Phi) is 4.13. The highest BCUT2D eigenvalue weighted by molar-refractivity contribution is 9.10. The van der Waals surface area contributed by atoms with Crippen molar-refractivity contribution in [2.24, 2.45) is 5.92 Å². The summed E-state index contributed by atoms with van der Waals surface area (Å²) in [6.07, 6.45) is 3.89. The van der Waals surface area contributed by atoms with Crippen molar-refractivity contribution < 1.29 is 14.3 Å². The van der Waals surface area contributed by atoms with Crippen LogP contribution < -0.4 is 4.74 Å². The van der Waals surface area contributed by atoms with Gasteiger partial charge in [0, 0.05) is 23.9 Å². The molecule has 4 heteroatoms. The Bertz CT molecular complexity index is 521. The fraction of sp³-hybridized carbons (Fsp3) is 0.562. The fourth-order valence-corrected chi connectivity index (χ4v) is 3.57. The van der Waals surface area contributed by atoms with Crippen LogP contribution >= 0.6 is 15.9 Å². The highest BCUT2D eigenvalue weighted by atomic mass is 79.9. The molecule has 108 valence electrons. The first-order valence-corrected chi connectivity index (χ1v) is 8.06. The number of Topliss-reactive ketones (excluding diaryl/α,β-unsaturated/α-hetero) is 1. The predicted octanol–water partition coefficient (Wildman–Crippen LogP) is 3.77. The maximum Gasteiger partial charge on any atom is 0.166 e. The summed E-state index contributed by atoms with van der Waals surface area (Å²) in [5.74, 6) is 1.47. The van der Waals surface area contributed by atoms with E-state index in [0.717, 1.165) is 47.2 Å². The van der Waals surface area contributed by atoms with Gasteiger partial charge in [-0.15, -0.1) is 0 Å². The van der Waals surface area contributed by atoms with Crippen LogP contribution in [0.5, 0.6) is 5.75 Å². The fourth-order valence-electron chi connectivity index (χ4n) is 3.06. The Morgan fingerprint density at radius 2 is 2.25 bits per heavy atom. The van der Waals surface area contributed by atoms with Gasteiger partial charge < -0.3 is 9.47 Å². The lowest BCUT2D eigenvalue weighted by atomic mass is 9.78. The van der Waals surface area contributed by atoms with Gasteiger partial charge in [-0.3, -0.25) is 4.79 Å². The third-order valence-electron chi connectivity index (χ3n) is 4.12. The Morgan fingerprint density at radius 1 is 1.45 bits per heavy atom. The smallest absolute Gasteiger partial charge is 0.166 e. The predicted molar refractivity (Wildman–Crippen MR) is 80.4 cm³/mol. The van der Waals surface area contributed by atoms with Crippen LogP contribution in [0.1, 0.15) is 42.1 Å². The van der Waals surface area contributed by atoms with E-state index in [9.17, 15) is 4.79 Å². The molecular formula is C16H19BrO3. The second kappa shape index (κ2) is 5.86. The number of carbonyl (C=O) groups is 1. The van der Waals surface area contributed by atoms with Crippen molar-refractivity contribution in [1.82, 2.24) is 0 Å². The second-order valence-corrected chi connectivity index (χ2v) is 6.50. The summed E-state index contributed by atoms with van der Waals surface area (Å²) in [5.41, 5.74) is 1.88. The summed E-state index contributed by atoms with van der Waals surface area (Å²) in [5, 5.41) is 0. The number of ketones is 1. The lowest BCUT2D eigenvalue weighted by molar-refractivity contribution is -0.0246. The summed E-state index contributed by atoms with van der Waals surface area (Å²) in [7, 11) is 0. The first-order chi connectivity index (χ1) is 9.67. The van der Waals surface area contributed by atoms with Crippen LogP contribution in [-0.4, -0.2) is 25.1 Å². The highest BCUT2D eigenvalue weighted by Crippen LogP contribution is 2.37. The standard InChI is InChI=1S/C16H19BrO3/c1-2-19-13-5-10(6-13)7-15(18)14-9-12(17)8-11-3-4-20-16(11)14/h8-10,13H,2-7H2,1H3. The molecule has 0 N–H and O–H groups in total. The molecule has 20 heavy (non-hydrogen) atoms. The SMILES string of the molecule is CCOC1CC(CC(=O)c2cc(Br)cc3c2OCC3)C1. The van der Waals surface area contributed by atoms with Crippen molar-refractivity contribution in [3.8, 4) is 5.75 Å². The molecule has 0 bridgehead atoms. The van der Waals surface area contributed by atoms with Crippen LogP contribution in [0.3, 0.4) is 0 Å². The molecular weight excluding hydrogens is 320 g/mol. The minimum absolute atomic E-state index is 0.199. The van der Waals surface area contributed by atoms with Crippen LogP contribution in [0.2, 0.25) is 0 Å². The minimum atomic E-state index is 0.199. The molecule has 1 heterocycles. The van der Waals surface area contributed by atoms with Crippen molar-refractivity contribution in [1.29, 1.82) is 0 Å². The molecule has 0 unspecified atom stereocenters. The maximum atomic E-state index is 12.5. The lowest BCUT2D eigenvalue weighted by Crippen LogP contribution is -2.32. The minimum Gasteiger partial charge on any atom is -0.492 e. The average Bonchev–Trinajstić information content (AvgIpc) is 2.83. The van der Waals surface area contributed by atoms with Gasteiger partial charge in [0.2, 0.25) is 0 Å². The van der Waals surface area contributed by atoms with Gasteiger partial charge in [0.15, 0.2) is 5.78 Å². The van der Waals surface area contributed by atoms with E-state index in [0.29, 0.717) is 25.0 Å². The van der Waals surface area contributed by atoms with E-state index in [1.54, 1.807) is 0 Å². The van der Waals surface area contributed by atoms with E-state index in [-0.39, 0.29) is 5.78 Å². The van der Waals surface area contributed by atoms with Gasteiger partial charge in [0.25, 0.3) is 0 Å². The molecule has 0 atom stereocenters. The monoisotopic (exact) mass is 338 g/mol. The summed E-state index contributed by atoms with van der Waals surface area (Å²) in [4.78, 5) is 12.5. The van der Waals surface area contributed by atoms with Crippen molar-refractivity contribution in [2.45, 2.75) is 38.7 Å². The third-order valence-corrected chi connectivity index (χ3v) is 4.58. The van der Waals surface area contributed by atoms with Crippen molar-refractivity contribution >= 4 is 21.7 Å². The zero-order chi connectivity index (χ0) is 14.1. The van der Waals surface area contributed by atoms with Crippen molar-refractivity contribution in [3.63, 3.8) is 0 Å². The molecule has 2 aliphatic rings. The number of hydrogen-bond acceptors (Lipinski definition) is 3. The summed E-state index contributed by atoms with van der Waals surface area (Å²) in [6.45, 7) is 3.46. The van der Waals surface area contributed by atoms with E-state index in [2.05, 4.69) is 15.9 Å². The molecule has 0 aromatic heterocycles. The Hall–Kier alpha value is -0.870. The number of carbonyl (C=O) groups excluding carboxylic acids is 1. The lowest BCUT2D eigenvalue weighted by Gasteiger charge is -2.34. The molecule has 1 fully saturated rings. The highest BCUT2D eigenvalue weighted by Gasteiger charge is 2.32. The van der Waals surface area contributed by atoms with Crippen LogP contribution in [0.4, 0.5) is 0 Å². The van der Waals surface area contributed by atoms with Gasteiger partial charge >= 0.3 is 0 Å². The Labute approximate surface area is 127 Å². The van der Waals surface area contributed by atoms with Crippen LogP contribution in [0.25, 0.3) is 0 Å². The second-order valence-electron chi connectivity index (χ2n) is 5.58. The first kappa shape index (κ1) is 14.1. The molecule has 1 aliphatic carbocycles. The quantitative estimate of drug-likeness (QED) is 0.766. The molecule has 0 amide bonds. The first-order valence-electron chi connectivity index (χ1n) is 7.27. The zero-order valence-corrected chi connectivity index (χ0v) is 13.2. The topological polar surface area (TPSA) is 35.5 Å². The van der Waals surface area contributed by atoms with Gasteiger partial charge in [0.05, 0.1) is 18.3 Å². The van der Waals surface area contributed by atoms with Crippen LogP contribution in [0.15, 0.2) is 16.6 Å². The third kappa shape index (κ3) is 2.77. The average molecular weight is 339 g/mol. The number of hydrogen-bond donors (Lipinski definition) is 0. The van der Waals surface area contributed by atoms with Crippen LogP contribution in [-0.2, 0) is 11.2 Å². The number of benzene rings is 1. The van der Waals surface area contributed by atoms with E-state index in [4.69, 9.17) is 9.47 Å². The molecule has 1 aromatic rings. The summed E-state index contributed by atoms with van der Waals surface area (Å²) in [6, 6.07) is 3.94. The number of ether oxygens (including phenoxy) is 2. The molecule has 1 aromatic carbocycles. The zero-order valence-electron chi connectivity index (χ0n) is 11.7. The number of halogens is 1. The molecule has 1 aliphatic heterocycles. The van der Waals surface area contributed by atoms with Gasteiger partial charge in [0.1, 0.15) is 5.75 Å². The van der Waals surface area contributed by atoms with Crippen molar-refractivity contribution in [2.75, 3.05) is 13.2 Å². The van der Waals surface area contributed by atoms with Crippen LogP contribution in [0, 0.1) is 5.92 Å². The Balaban J connectivity index is 1.67. The van der Waals surface area contributed by atoms with E-state index in [1.165, 1.54) is 0 Å². The molecule has 1 saturated carbocycles. The summed E-state index contributed by atoms with van der Waals surface area (Å²) >= 11 is 3.48. The Morgan fingerprint density at radius 3 is 3.00 bits per heavy atom. The van der Waals surface area contributed by atoms with Gasteiger partial charge in [-0.1, -0.05) is 15.9 Å². The van der Waals surface area contributed by atoms with E-state index in [1.807, 2.05) is 19.1 Å². The molecule has 3 nitrogen and oxygen atoms in total. The summed E-state index contributed by atoms with van der Waals surface area (Å²) < 4.78 is 12.1. The number of rotatable bonds is 5. The number of fused-ring (bicyclic) bond motifs is 1. The molecule has 0 saturated heterocycles. The molecule has 3 rings (SSSR count).